The van der Waals surface area contributed by atoms with Crippen LogP contribution in [0.4, 0.5) is 0 Å². The van der Waals surface area contributed by atoms with Crippen LogP contribution in [-0.4, -0.2) is 5.91 Å². The summed E-state index contributed by atoms with van der Waals surface area (Å²) >= 11 is 3.40. The Hall–Kier alpha value is -2.86. The first kappa shape index (κ1) is 17.5. The molecular formula is C21H16BrNO4. The number of carbonyl (C=O) groups is 1. The van der Waals surface area contributed by atoms with Gasteiger partial charge in [-0.2, -0.15) is 0 Å². The van der Waals surface area contributed by atoms with Crippen LogP contribution in [0.15, 0.2) is 60.6 Å². The molecule has 4 rings (SSSR count). The van der Waals surface area contributed by atoms with Crippen molar-refractivity contribution in [2.24, 2.45) is 0 Å². The predicted molar refractivity (Wildman–Crippen MR) is 107 cm³/mol. The van der Waals surface area contributed by atoms with Gasteiger partial charge in [-0.1, -0.05) is 22.0 Å². The summed E-state index contributed by atoms with van der Waals surface area (Å²) in [5, 5.41) is 4.48. The van der Waals surface area contributed by atoms with Gasteiger partial charge in [0, 0.05) is 27.9 Å². The van der Waals surface area contributed by atoms with Crippen LogP contribution < -0.4 is 10.9 Å². The Kier molecular flexibility index (Phi) is 4.36. The molecule has 1 amide bonds. The Morgan fingerprint density at radius 3 is 2.70 bits per heavy atom. The monoisotopic (exact) mass is 425 g/mol. The lowest BCUT2D eigenvalue weighted by atomic mass is 10.0. The molecule has 0 atom stereocenters. The van der Waals surface area contributed by atoms with Crippen molar-refractivity contribution >= 4 is 43.8 Å². The topological polar surface area (TPSA) is 72.5 Å². The van der Waals surface area contributed by atoms with Crippen LogP contribution in [0.5, 0.6) is 0 Å². The fourth-order valence-electron chi connectivity index (χ4n) is 3.21. The first-order valence-corrected chi connectivity index (χ1v) is 9.21. The molecule has 0 aliphatic rings. The third-order valence-corrected chi connectivity index (χ3v) is 4.89. The quantitative estimate of drug-likeness (QED) is 0.476. The summed E-state index contributed by atoms with van der Waals surface area (Å²) in [5.74, 6) is -0.115. The van der Waals surface area contributed by atoms with Gasteiger partial charge in [0.2, 0.25) is 0 Å². The van der Waals surface area contributed by atoms with Gasteiger partial charge in [0.05, 0.1) is 0 Å². The Labute approximate surface area is 163 Å². The van der Waals surface area contributed by atoms with Crippen LogP contribution in [0, 0.1) is 13.8 Å². The Morgan fingerprint density at radius 2 is 1.89 bits per heavy atom. The van der Waals surface area contributed by atoms with Crippen LogP contribution in [-0.2, 0) is 6.54 Å². The number of aryl methyl sites for hydroxylation is 2. The van der Waals surface area contributed by atoms with E-state index in [-0.39, 0.29) is 18.2 Å². The van der Waals surface area contributed by atoms with E-state index >= 15 is 0 Å². The van der Waals surface area contributed by atoms with Crippen molar-refractivity contribution in [2.75, 3.05) is 0 Å². The van der Waals surface area contributed by atoms with Crippen LogP contribution in [0.1, 0.15) is 27.2 Å². The van der Waals surface area contributed by atoms with E-state index in [0.29, 0.717) is 16.7 Å². The molecule has 2 aromatic heterocycles. The average Bonchev–Trinajstić information content (AvgIpc) is 3.03. The number of benzene rings is 2. The number of furan rings is 1. The maximum Gasteiger partial charge on any atom is 0.336 e. The summed E-state index contributed by atoms with van der Waals surface area (Å²) in [5.41, 5.74) is 3.40. The second-order valence-electron chi connectivity index (χ2n) is 6.52. The van der Waals surface area contributed by atoms with Gasteiger partial charge in [0.1, 0.15) is 11.2 Å². The zero-order chi connectivity index (χ0) is 19.1. The number of halogens is 1. The van der Waals surface area contributed by atoms with E-state index in [0.717, 1.165) is 26.4 Å². The van der Waals surface area contributed by atoms with Gasteiger partial charge in [0.25, 0.3) is 5.91 Å². The highest BCUT2D eigenvalue weighted by Gasteiger charge is 2.14. The minimum atomic E-state index is -0.438. The fraction of sp³-hybridized carbons (Fsp3) is 0.143. The highest BCUT2D eigenvalue weighted by molar-refractivity contribution is 9.10. The van der Waals surface area contributed by atoms with Gasteiger partial charge in [-0.15, -0.1) is 0 Å². The maximum absolute atomic E-state index is 12.5. The molecule has 2 aromatic carbocycles. The summed E-state index contributed by atoms with van der Waals surface area (Å²) in [6.07, 6.45) is 0. The number of hydrogen-bond acceptors (Lipinski definition) is 4. The minimum absolute atomic E-state index is 0.199. The molecular weight excluding hydrogens is 410 g/mol. The highest BCUT2D eigenvalue weighted by Crippen LogP contribution is 2.24. The molecule has 1 N–H and O–H groups in total. The second-order valence-corrected chi connectivity index (χ2v) is 7.44. The van der Waals surface area contributed by atoms with Crippen molar-refractivity contribution in [3.63, 3.8) is 0 Å². The SMILES string of the molecule is Cc1cc(C)c2oc(=O)cc(CNC(=O)c3cc4cc(Br)ccc4o3)c2c1. The largest absolute Gasteiger partial charge is 0.451 e. The molecule has 0 unspecified atom stereocenters. The summed E-state index contributed by atoms with van der Waals surface area (Å²) in [7, 11) is 0. The first-order valence-electron chi connectivity index (χ1n) is 8.42. The van der Waals surface area contributed by atoms with E-state index in [4.69, 9.17) is 8.83 Å². The number of fused-ring (bicyclic) bond motifs is 2. The molecule has 5 nitrogen and oxygen atoms in total. The molecule has 0 radical (unpaired) electrons. The molecule has 0 bridgehead atoms. The Morgan fingerprint density at radius 1 is 1.07 bits per heavy atom. The second kappa shape index (κ2) is 6.70. The average molecular weight is 426 g/mol. The van der Waals surface area contributed by atoms with Crippen molar-refractivity contribution in [3.05, 3.63) is 79.8 Å². The number of hydrogen-bond donors (Lipinski definition) is 1. The Balaban J connectivity index is 1.64. The van der Waals surface area contributed by atoms with E-state index in [1.54, 1.807) is 12.1 Å². The summed E-state index contributed by atoms with van der Waals surface area (Å²) in [6.45, 7) is 4.07. The van der Waals surface area contributed by atoms with E-state index in [2.05, 4.69) is 21.2 Å². The highest BCUT2D eigenvalue weighted by atomic mass is 79.9. The number of rotatable bonds is 3. The van der Waals surface area contributed by atoms with Crippen LogP contribution in [0.25, 0.3) is 21.9 Å². The number of amides is 1. The summed E-state index contributed by atoms with van der Waals surface area (Å²) < 4.78 is 11.9. The number of nitrogens with one attached hydrogen (secondary N) is 1. The fourth-order valence-corrected chi connectivity index (χ4v) is 3.59. The lowest BCUT2D eigenvalue weighted by molar-refractivity contribution is 0.0925. The first-order chi connectivity index (χ1) is 12.9. The van der Waals surface area contributed by atoms with Crippen molar-refractivity contribution in [1.29, 1.82) is 0 Å². The third kappa shape index (κ3) is 3.40. The standard InChI is InChI=1S/C21H16BrNO4/c1-11-5-12(2)20-16(6-11)14(9-19(24)27-20)10-23-21(25)18-8-13-7-15(22)3-4-17(13)26-18/h3-9H,10H2,1-2H3,(H,23,25). The molecule has 27 heavy (non-hydrogen) atoms. The molecule has 4 aromatic rings. The van der Waals surface area contributed by atoms with Gasteiger partial charge >= 0.3 is 5.63 Å². The summed E-state index contributed by atoms with van der Waals surface area (Å²) in [6, 6.07) is 12.6. The van der Waals surface area contributed by atoms with Crippen LogP contribution >= 0.6 is 15.9 Å². The smallest absolute Gasteiger partial charge is 0.336 e. The summed E-state index contributed by atoms with van der Waals surface area (Å²) in [4.78, 5) is 24.4. The molecule has 0 saturated heterocycles. The van der Waals surface area contributed by atoms with E-state index < -0.39 is 5.63 Å². The van der Waals surface area contributed by atoms with E-state index in [1.165, 1.54) is 6.07 Å². The van der Waals surface area contributed by atoms with Gasteiger partial charge < -0.3 is 14.2 Å². The molecule has 0 aliphatic carbocycles. The molecule has 2 heterocycles. The van der Waals surface area contributed by atoms with Crippen molar-refractivity contribution < 1.29 is 13.6 Å². The van der Waals surface area contributed by atoms with Crippen molar-refractivity contribution in [1.82, 2.24) is 5.32 Å². The molecule has 136 valence electrons. The zero-order valence-corrected chi connectivity index (χ0v) is 16.3. The van der Waals surface area contributed by atoms with Gasteiger partial charge in [-0.05, 0) is 60.9 Å². The van der Waals surface area contributed by atoms with Crippen LogP contribution in [0.3, 0.4) is 0 Å². The van der Waals surface area contributed by atoms with E-state index in [9.17, 15) is 9.59 Å². The third-order valence-electron chi connectivity index (χ3n) is 4.40. The predicted octanol–water partition coefficient (Wildman–Crippen LogP) is 4.85. The van der Waals surface area contributed by atoms with Gasteiger partial charge in [-0.25, -0.2) is 4.79 Å². The number of carbonyl (C=O) groups excluding carboxylic acids is 1. The lowest BCUT2D eigenvalue weighted by Gasteiger charge is -2.09. The maximum atomic E-state index is 12.5. The van der Waals surface area contributed by atoms with Crippen molar-refractivity contribution in [2.45, 2.75) is 20.4 Å². The molecule has 0 aliphatic heterocycles. The zero-order valence-electron chi connectivity index (χ0n) is 14.8. The van der Waals surface area contributed by atoms with Gasteiger partial charge in [-0.3, -0.25) is 4.79 Å². The Bertz CT molecular complexity index is 1250. The van der Waals surface area contributed by atoms with Gasteiger partial charge in [0.15, 0.2) is 5.76 Å². The molecule has 0 fully saturated rings. The molecule has 0 saturated carbocycles. The molecule has 6 heteroatoms. The lowest BCUT2D eigenvalue weighted by Crippen LogP contribution is -2.23. The normalized spacial score (nSPS) is 11.2. The van der Waals surface area contributed by atoms with E-state index in [1.807, 2.05) is 38.1 Å². The van der Waals surface area contributed by atoms with Crippen LogP contribution in [0.2, 0.25) is 0 Å². The minimum Gasteiger partial charge on any atom is -0.451 e. The molecule has 0 spiro atoms. The van der Waals surface area contributed by atoms with Crippen molar-refractivity contribution in [3.8, 4) is 0 Å².